The first kappa shape index (κ1) is 18.9. The molecular formula is C22H27ClN4O2. The van der Waals surface area contributed by atoms with Crippen LogP contribution in [0.15, 0.2) is 22.6 Å². The van der Waals surface area contributed by atoms with E-state index in [9.17, 15) is 4.79 Å². The van der Waals surface area contributed by atoms with Crippen molar-refractivity contribution in [1.29, 1.82) is 0 Å². The highest BCUT2D eigenvalue weighted by atomic mass is 35.5. The topological polar surface area (TPSA) is 71.3 Å². The van der Waals surface area contributed by atoms with Gasteiger partial charge in [-0.2, -0.15) is 0 Å². The monoisotopic (exact) mass is 414 g/mol. The molecule has 2 bridgehead atoms. The maximum Gasteiger partial charge on any atom is 0.322 e. The molecule has 3 fully saturated rings. The lowest BCUT2D eigenvalue weighted by Gasteiger charge is -2.61. The molecular weight excluding hydrogens is 388 g/mol. The molecule has 154 valence electrons. The van der Waals surface area contributed by atoms with Crippen LogP contribution in [0.25, 0.3) is 0 Å². The molecule has 7 heteroatoms. The van der Waals surface area contributed by atoms with E-state index in [-0.39, 0.29) is 12.1 Å². The van der Waals surface area contributed by atoms with E-state index in [0.29, 0.717) is 23.6 Å². The number of amides is 2. The Labute approximate surface area is 176 Å². The van der Waals surface area contributed by atoms with Crippen LogP contribution in [-0.2, 0) is 5.54 Å². The minimum atomic E-state index is -0.478. The van der Waals surface area contributed by atoms with Crippen molar-refractivity contribution >= 4 is 23.3 Å². The highest BCUT2D eigenvalue weighted by Crippen LogP contribution is 2.55. The second kappa shape index (κ2) is 7.01. The highest BCUT2D eigenvalue weighted by Gasteiger charge is 2.62. The molecule has 1 aromatic carbocycles. The number of anilines is 1. The third-order valence-corrected chi connectivity index (χ3v) is 7.29. The van der Waals surface area contributed by atoms with Gasteiger partial charge >= 0.3 is 6.03 Å². The van der Waals surface area contributed by atoms with E-state index in [1.54, 1.807) is 6.92 Å². The molecule has 2 aliphatic carbocycles. The number of benzene rings is 1. The van der Waals surface area contributed by atoms with Crippen LogP contribution >= 0.6 is 11.6 Å². The van der Waals surface area contributed by atoms with Gasteiger partial charge in [0.1, 0.15) is 5.54 Å². The molecule has 29 heavy (non-hydrogen) atoms. The summed E-state index contributed by atoms with van der Waals surface area (Å²) in [7, 11) is 0. The number of carbonyl (C=O) groups excluding carboxylic acids is 1. The predicted molar refractivity (Wildman–Crippen MR) is 111 cm³/mol. The Morgan fingerprint density at radius 1 is 1.28 bits per heavy atom. The van der Waals surface area contributed by atoms with Gasteiger partial charge in [0.15, 0.2) is 0 Å². The Kier molecular flexibility index (Phi) is 4.57. The lowest BCUT2D eigenvalue weighted by atomic mass is 9.64. The van der Waals surface area contributed by atoms with Gasteiger partial charge in [0.25, 0.3) is 0 Å². The zero-order valence-electron chi connectivity index (χ0n) is 16.9. The fourth-order valence-corrected chi connectivity index (χ4v) is 6.06. The van der Waals surface area contributed by atoms with Gasteiger partial charge in [-0.1, -0.05) is 31.4 Å². The number of fused-ring (bicyclic) bond motifs is 2. The van der Waals surface area contributed by atoms with Crippen molar-refractivity contribution in [2.75, 3.05) is 5.32 Å². The molecule has 5 rings (SSSR count). The maximum atomic E-state index is 13.3. The first-order chi connectivity index (χ1) is 14.0. The SMILES string of the molecule is Cc1nnc(C23C[C@H](C)C[C@H](C2)N3C(=O)Nc2ccc(Cl)c(C3CCCC3)c2)o1. The van der Waals surface area contributed by atoms with Crippen LogP contribution in [-0.4, -0.2) is 27.2 Å². The number of aromatic nitrogens is 2. The number of carbonyl (C=O) groups is 1. The number of hydrogen-bond donors (Lipinski definition) is 1. The zero-order valence-corrected chi connectivity index (χ0v) is 17.7. The summed E-state index contributed by atoms with van der Waals surface area (Å²) in [5.74, 6) is 2.12. The third-order valence-electron chi connectivity index (χ3n) is 6.95. The first-order valence-corrected chi connectivity index (χ1v) is 11.0. The lowest BCUT2D eigenvalue weighted by Crippen LogP contribution is -2.70. The van der Waals surface area contributed by atoms with Crippen LogP contribution in [0.5, 0.6) is 0 Å². The molecule has 3 aliphatic rings. The summed E-state index contributed by atoms with van der Waals surface area (Å²) >= 11 is 6.46. The van der Waals surface area contributed by atoms with Crippen LogP contribution in [0.1, 0.15) is 75.1 Å². The van der Waals surface area contributed by atoms with Crippen LogP contribution in [0, 0.1) is 12.8 Å². The molecule has 1 unspecified atom stereocenters. The van der Waals surface area contributed by atoms with Gasteiger partial charge in [0, 0.05) is 30.1 Å². The Morgan fingerprint density at radius 2 is 2.07 bits per heavy atom. The second-order valence-corrected chi connectivity index (χ2v) is 9.49. The number of rotatable bonds is 3. The quantitative estimate of drug-likeness (QED) is 0.707. The summed E-state index contributed by atoms with van der Waals surface area (Å²) in [5, 5.41) is 12.2. The van der Waals surface area contributed by atoms with Crippen LogP contribution in [0.4, 0.5) is 10.5 Å². The number of nitrogens with zero attached hydrogens (tertiary/aromatic N) is 3. The number of likely N-dealkylation sites (tertiary alicyclic amines) is 1. The number of halogens is 1. The van der Waals surface area contributed by atoms with Gasteiger partial charge in [-0.25, -0.2) is 4.79 Å². The maximum absolute atomic E-state index is 13.3. The molecule has 0 spiro atoms. The van der Waals surface area contributed by atoms with Crippen molar-refractivity contribution in [2.24, 2.45) is 5.92 Å². The fourth-order valence-electron chi connectivity index (χ4n) is 5.79. The second-order valence-electron chi connectivity index (χ2n) is 9.08. The third kappa shape index (κ3) is 3.12. The van der Waals surface area contributed by atoms with Gasteiger partial charge < -0.3 is 14.6 Å². The number of aryl methyl sites for hydroxylation is 1. The van der Waals surface area contributed by atoms with Crippen LogP contribution in [0.3, 0.4) is 0 Å². The zero-order chi connectivity index (χ0) is 20.2. The molecule has 1 aromatic heterocycles. The Morgan fingerprint density at radius 3 is 2.79 bits per heavy atom. The van der Waals surface area contributed by atoms with E-state index in [0.717, 1.165) is 35.5 Å². The van der Waals surface area contributed by atoms with Crippen molar-refractivity contribution in [3.63, 3.8) is 0 Å². The Hall–Kier alpha value is -2.08. The van der Waals surface area contributed by atoms with E-state index in [2.05, 4.69) is 28.5 Å². The Balaban J connectivity index is 1.40. The average molecular weight is 415 g/mol. The number of urea groups is 1. The minimum absolute atomic E-state index is 0.0938. The molecule has 2 heterocycles. The van der Waals surface area contributed by atoms with Gasteiger partial charge in [-0.05, 0) is 61.3 Å². The van der Waals surface area contributed by atoms with Gasteiger partial charge in [-0.3, -0.25) is 0 Å². The van der Waals surface area contributed by atoms with E-state index < -0.39 is 5.54 Å². The minimum Gasteiger partial charge on any atom is -0.423 e. The van der Waals surface area contributed by atoms with E-state index in [1.807, 2.05) is 17.0 Å². The largest absolute Gasteiger partial charge is 0.423 e. The molecule has 2 aromatic rings. The number of nitrogens with one attached hydrogen (secondary N) is 1. The van der Waals surface area contributed by atoms with Crippen LogP contribution in [0.2, 0.25) is 5.02 Å². The van der Waals surface area contributed by atoms with Gasteiger partial charge in [0.2, 0.25) is 11.8 Å². The summed E-state index contributed by atoms with van der Waals surface area (Å²) in [6.45, 7) is 4.02. The number of piperidine rings is 1. The highest BCUT2D eigenvalue weighted by molar-refractivity contribution is 6.31. The summed E-state index contributed by atoms with van der Waals surface area (Å²) in [6.07, 6.45) is 7.59. The molecule has 0 radical (unpaired) electrons. The summed E-state index contributed by atoms with van der Waals surface area (Å²) in [6, 6.07) is 5.97. The normalized spacial score (nSPS) is 29.0. The van der Waals surface area contributed by atoms with Crippen molar-refractivity contribution in [3.8, 4) is 0 Å². The molecule has 2 saturated carbocycles. The first-order valence-electron chi connectivity index (χ1n) is 10.7. The standard InChI is InChI=1S/C22H27ClN4O2/c1-13-9-17-12-22(11-13,20-26-25-14(2)29-20)27(17)21(28)24-16-7-8-19(23)18(10-16)15-5-3-4-6-15/h7-8,10,13,15,17H,3-6,9,11-12H2,1-2H3,(H,24,28)/t13-,17-,22?/m1/s1. The van der Waals surface area contributed by atoms with E-state index in [4.69, 9.17) is 16.0 Å². The summed E-state index contributed by atoms with van der Waals surface area (Å²) in [4.78, 5) is 15.2. The summed E-state index contributed by atoms with van der Waals surface area (Å²) in [5.41, 5.74) is 1.48. The smallest absolute Gasteiger partial charge is 0.322 e. The fraction of sp³-hybridized carbons (Fsp3) is 0.591. The lowest BCUT2D eigenvalue weighted by molar-refractivity contribution is -0.110. The molecule has 1 saturated heterocycles. The Bertz CT molecular complexity index is 939. The number of hydrogen-bond acceptors (Lipinski definition) is 4. The molecule has 3 atom stereocenters. The average Bonchev–Trinajstić information content (AvgIpc) is 3.34. The molecule has 1 aliphatic heterocycles. The van der Waals surface area contributed by atoms with Gasteiger partial charge in [-0.15, -0.1) is 10.2 Å². The predicted octanol–water partition coefficient (Wildman–Crippen LogP) is 5.62. The molecule has 6 nitrogen and oxygen atoms in total. The molecule has 2 amide bonds. The van der Waals surface area contributed by atoms with E-state index in [1.165, 1.54) is 25.7 Å². The molecule has 1 N–H and O–H groups in total. The van der Waals surface area contributed by atoms with Crippen molar-refractivity contribution in [1.82, 2.24) is 15.1 Å². The van der Waals surface area contributed by atoms with Crippen molar-refractivity contribution in [3.05, 3.63) is 40.6 Å². The van der Waals surface area contributed by atoms with Crippen molar-refractivity contribution in [2.45, 2.75) is 76.3 Å². The van der Waals surface area contributed by atoms with Crippen molar-refractivity contribution < 1.29 is 9.21 Å². The van der Waals surface area contributed by atoms with Crippen LogP contribution < -0.4 is 5.32 Å². The van der Waals surface area contributed by atoms with E-state index >= 15 is 0 Å². The van der Waals surface area contributed by atoms with Gasteiger partial charge in [0.05, 0.1) is 0 Å². The summed E-state index contributed by atoms with van der Waals surface area (Å²) < 4.78 is 5.78.